The van der Waals surface area contributed by atoms with Gasteiger partial charge in [0.25, 0.3) is 0 Å². The minimum atomic E-state index is -0.973. The lowest BCUT2D eigenvalue weighted by Gasteiger charge is -2.31. The van der Waals surface area contributed by atoms with Crippen LogP contribution in [0.3, 0.4) is 0 Å². The normalized spacial score (nSPS) is 22.9. The van der Waals surface area contributed by atoms with Gasteiger partial charge in [-0.15, -0.1) is 0 Å². The molecular weight excluding hydrogens is 248 g/mol. The summed E-state index contributed by atoms with van der Waals surface area (Å²) in [6.07, 6.45) is 3.51. The van der Waals surface area contributed by atoms with Crippen molar-refractivity contribution in [2.24, 2.45) is 0 Å². The van der Waals surface area contributed by atoms with Gasteiger partial charge in [-0.3, -0.25) is 4.79 Å². The van der Waals surface area contributed by atoms with E-state index in [1.807, 2.05) is 0 Å². The average molecular weight is 270 g/mol. The largest absolute Gasteiger partial charge is 0.417 e. The molecule has 108 valence electrons. The van der Waals surface area contributed by atoms with Crippen LogP contribution in [0.4, 0.5) is 4.79 Å². The summed E-state index contributed by atoms with van der Waals surface area (Å²) in [5.74, 6) is -0.618. The van der Waals surface area contributed by atoms with E-state index in [-0.39, 0.29) is 6.42 Å². The van der Waals surface area contributed by atoms with E-state index in [2.05, 4.69) is 5.32 Å². The van der Waals surface area contributed by atoms with Crippen molar-refractivity contribution in [3.8, 4) is 0 Å². The van der Waals surface area contributed by atoms with Crippen LogP contribution in [0.25, 0.3) is 0 Å². The Hall–Kier alpha value is -1.14. The number of nitrogens with one attached hydrogen (secondary N) is 1. The summed E-state index contributed by atoms with van der Waals surface area (Å²) in [4.78, 5) is 25.0. The predicted octanol–water partition coefficient (Wildman–Crippen LogP) is 0.640. The molecule has 0 bridgehead atoms. The highest BCUT2D eigenvalue weighted by Gasteiger charge is 2.33. The van der Waals surface area contributed by atoms with Crippen molar-refractivity contribution < 1.29 is 19.4 Å². The molecule has 1 saturated carbocycles. The van der Waals surface area contributed by atoms with Gasteiger partial charge in [-0.2, -0.15) is 0 Å². The predicted molar refractivity (Wildman–Crippen MR) is 68.6 cm³/mol. The molecule has 1 aliphatic heterocycles. The lowest BCUT2D eigenvalue weighted by molar-refractivity contribution is -0.145. The first kappa shape index (κ1) is 14.3. The standard InChI is InChI=1S/C13H22N2O4/c16-11(10-13(18)4-2-1-3-5-13)19-12(17)15-8-6-14-7-9-15/h14,18H,1-10H2. The van der Waals surface area contributed by atoms with Crippen LogP contribution in [0.1, 0.15) is 38.5 Å². The Kier molecular flexibility index (Phi) is 4.76. The number of aliphatic hydroxyl groups is 1. The number of rotatable bonds is 2. The van der Waals surface area contributed by atoms with Gasteiger partial charge in [-0.05, 0) is 12.8 Å². The Bertz CT molecular complexity index is 334. The summed E-state index contributed by atoms with van der Waals surface area (Å²) >= 11 is 0. The lowest BCUT2D eigenvalue weighted by Crippen LogP contribution is -2.47. The van der Waals surface area contributed by atoms with Crippen molar-refractivity contribution >= 4 is 12.1 Å². The molecule has 2 rings (SSSR count). The van der Waals surface area contributed by atoms with E-state index in [1.54, 1.807) is 0 Å². The van der Waals surface area contributed by atoms with Gasteiger partial charge in [0, 0.05) is 26.2 Å². The summed E-state index contributed by atoms with van der Waals surface area (Å²) in [6, 6.07) is 0. The second-order valence-corrected chi connectivity index (χ2v) is 5.44. The first-order valence-electron chi connectivity index (χ1n) is 7.02. The second-order valence-electron chi connectivity index (χ2n) is 5.44. The van der Waals surface area contributed by atoms with E-state index in [4.69, 9.17) is 4.74 Å². The van der Waals surface area contributed by atoms with Gasteiger partial charge in [-0.1, -0.05) is 19.3 Å². The van der Waals surface area contributed by atoms with Crippen molar-refractivity contribution in [2.45, 2.75) is 44.1 Å². The van der Waals surface area contributed by atoms with Gasteiger partial charge < -0.3 is 20.1 Å². The third-order valence-corrected chi connectivity index (χ3v) is 3.83. The maximum atomic E-state index is 11.7. The van der Waals surface area contributed by atoms with Crippen LogP contribution in [0.2, 0.25) is 0 Å². The zero-order chi connectivity index (χ0) is 13.7. The summed E-state index contributed by atoms with van der Waals surface area (Å²) < 4.78 is 4.82. The van der Waals surface area contributed by atoms with Crippen molar-refractivity contribution in [1.29, 1.82) is 0 Å². The molecule has 0 aromatic carbocycles. The molecule has 0 atom stereocenters. The fraction of sp³-hybridized carbons (Fsp3) is 0.846. The summed E-state index contributed by atoms with van der Waals surface area (Å²) in [5, 5.41) is 13.3. The third-order valence-electron chi connectivity index (χ3n) is 3.83. The van der Waals surface area contributed by atoms with E-state index in [0.717, 1.165) is 19.3 Å². The molecule has 6 nitrogen and oxygen atoms in total. The molecule has 2 fully saturated rings. The average Bonchev–Trinajstić information content (AvgIpc) is 2.39. The van der Waals surface area contributed by atoms with Crippen LogP contribution in [-0.2, 0) is 9.53 Å². The van der Waals surface area contributed by atoms with Crippen molar-refractivity contribution in [3.63, 3.8) is 0 Å². The fourth-order valence-corrected chi connectivity index (χ4v) is 2.70. The number of ether oxygens (including phenoxy) is 1. The van der Waals surface area contributed by atoms with Gasteiger partial charge in [0.05, 0.1) is 12.0 Å². The molecule has 19 heavy (non-hydrogen) atoms. The van der Waals surface area contributed by atoms with E-state index >= 15 is 0 Å². The molecule has 0 unspecified atom stereocenters. The monoisotopic (exact) mass is 270 g/mol. The van der Waals surface area contributed by atoms with E-state index in [9.17, 15) is 14.7 Å². The van der Waals surface area contributed by atoms with E-state index in [1.165, 1.54) is 4.90 Å². The molecule has 2 aliphatic rings. The van der Waals surface area contributed by atoms with Crippen LogP contribution in [0.5, 0.6) is 0 Å². The summed E-state index contributed by atoms with van der Waals surface area (Å²) in [7, 11) is 0. The first-order chi connectivity index (χ1) is 9.09. The maximum absolute atomic E-state index is 11.7. The molecular formula is C13H22N2O4. The molecule has 6 heteroatoms. The molecule has 1 amide bonds. The molecule has 0 aromatic heterocycles. The van der Waals surface area contributed by atoms with Crippen LogP contribution in [0, 0.1) is 0 Å². The highest BCUT2D eigenvalue weighted by atomic mass is 16.6. The smallest absolute Gasteiger partial charge is 0.389 e. The van der Waals surface area contributed by atoms with Gasteiger partial charge in [-0.25, -0.2) is 4.79 Å². The van der Waals surface area contributed by atoms with E-state index < -0.39 is 17.7 Å². The summed E-state index contributed by atoms with van der Waals surface area (Å²) in [5.41, 5.74) is -0.973. The molecule has 2 N–H and O–H groups in total. The third kappa shape index (κ3) is 4.18. The number of carbonyl (C=O) groups excluding carboxylic acids is 2. The summed E-state index contributed by atoms with van der Waals surface area (Å²) in [6.45, 7) is 2.53. The Morgan fingerprint density at radius 3 is 2.42 bits per heavy atom. The Morgan fingerprint density at radius 1 is 1.16 bits per heavy atom. The van der Waals surface area contributed by atoms with Gasteiger partial charge >= 0.3 is 12.1 Å². The molecule has 0 spiro atoms. The number of amides is 1. The molecule has 1 heterocycles. The fourth-order valence-electron chi connectivity index (χ4n) is 2.70. The number of hydrogen-bond donors (Lipinski definition) is 2. The number of esters is 1. The Morgan fingerprint density at radius 2 is 1.79 bits per heavy atom. The van der Waals surface area contributed by atoms with Gasteiger partial charge in [0.1, 0.15) is 0 Å². The number of hydrogen-bond acceptors (Lipinski definition) is 5. The van der Waals surface area contributed by atoms with Crippen molar-refractivity contribution in [1.82, 2.24) is 10.2 Å². The molecule has 0 radical (unpaired) electrons. The highest BCUT2D eigenvalue weighted by molar-refractivity contribution is 5.85. The number of nitrogens with zero attached hydrogens (tertiary/aromatic N) is 1. The van der Waals surface area contributed by atoms with Crippen LogP contribution < -0.4 is 5.32 Å². The SMILES string of the molecule is O=C(CC1(O)CCCCC1)OC(=O)N1CCNCC1. The zero-order valence-electron chi connectivity index (χ0n) is 11.2. The Labute approximate surface area is 113 Å². The Balaban J connectivity index is 1.78. The van der Waals surface area contributed by atoms with Crippen LogP contribution in [-0.4, -0.2) is 53.8 Å². The molecule has 0 aromatic rings. The van der Waals surface area contributed by atoms with Gasteiger partial charge in [0.15, 0.2) is 0 Å². The van der Waals surface area contributed by atoms with Crippen molar-refractivity contribution in [3.05, 3.63) is 0 Å². The van der Waals surface area contributed by atoms with Crippen molar-refractivity contribution in [2.75, 3.05) is 26.2 Å². The van der Waals surface area contributed by atoms with E-state index in [0.29, 0.717) is 39.0 Å². The topological polar surface area (TPSA) is 78.9 Å². The first-order valence-corrected chi connectivity index (χ1v) is 7.02. The molecule has 1 saturated heterocycles. The number of piperazine rings is 1. The minimum Gasteiger partial charge on any atom is -0.389 e. The van der Waals surface area contributed by atoms with Crippen LogP contribution >= 0.6 is 0 Å². The lowest BCUT2D eigenvalue weighted by atomic mass is 9.82. The number of carbonyl (C=O) groups is 2. The highest BCUT2D eigenvalue weighted by Crippen LogP contribution is 2.31. The molecule has 1 aliphatic carbocycles. The maximum Gasteiger partial charge on any atom is 0.417 e. The minimum absolute atomic E-state index is 0.0785. The zero-order valence-corrected chi connectivity index (χ0v) is 11.2. The second kappa shape index (κ2) is 6.34. The van der Waals surface area contributed by atoms with Crippen LogP contribution in [0.15, 0.2) is 0 Å². The quantitative estimate of drug-likeness (QED) is 0.568. The van der Waals surface area contributed by atoms with Gasteiger partial charge in [0.2, 0.25) is 0 Å².